The number of hydrogen-bond acceptors (Lipinski definition) is 5. The van der Waals surface area contributed by atoms with Crippen LogP contribution in [0, 0.1) is 0 Å². The van der Waals surface area contributed by atoms with Crippen LogP contribution in [0.3, 0.4) is 0 Å². The van der Waals surface area contributed by atoms with Gasteiger partial charge >= 0.3 is 5.97 Å². The molecule has 2 aromatic rings. The average Bonchev–Trinajstić information content (AvgIpc) is 2.59. The van der Waals surface area contributed by atoms with Crippen molar-refractivity contribution in [3.05, 3.63) is 46.6 Å². The number of esters is 1. The molecule has 0 saturated carbocycles. The van der Waals surface area contributed by atoms with Gasteiger partial charge in [0.25, 0.3) is 0 Å². The Labute approximate surface area is 156 Å². The van der Waals surface area contributed by atoms with Crippen LogP contribution in [-0.4, -0.2) is 23.7 Å². The third kappa shape index (κ3) is 6.11. The van der Waals surface area contributed by atoms with Gasteiger partial charge in [-0.05, 0) is 43.7 Å². The van der Waals surface area contributed by atoms with Crippen LogP contribution in [0.2, 0.25) is 10.0 Å². The van der Waals surface area contributed by atoms with Crippen LogP contribution in [0.4, 0.5) is 0 Å². The SMILES string of the molecule is CCCCOC(=O)C(C)Oc1ccc(Oc2ncc(Cl)cc2Cl)cc1. The number of benzene rings is 1. The summed E-state index contributed by atoms with van der Waals surface area (Å²) >= 11 is 11.8. The van der Waals surface area contributed by atoms with E-state index in [-0.39, 0.29) is 11.8 Å². The number of carbonyl (C=O) groups excluding carboxylic acids is 1. The number of halogens is 2. The third-order valence-corrected chi connectivity index (χ3v) is 3.68. The molecule has 1 unspecified atom stereocenters. The van der Waals surface area contributed by atoms with Gasteiger partial charge in [0.05, 0.1) is 11.6 Å². The lowest BCUT2D eigenvalue weighted by atomic mass is 10.3. The summed E-state index contributed by atoms with van der Waals surface area (Å²) < 4.78 is 16.3. The van der Waals surface area contributed by atoms with Gasteiger partial charge in [0.1, 0.15) is 16.5 Å². The van der Waals surface area contributed by atoms with E-state index in [1.165, 1.54) is 6.20 Å². The Kier molecular flexibility index (Phi) is 7.34. The standard InChI is InChI=1S/C18H19Cl2NO4/c1-3-4-9-23-18(22)12(2)24-14-5-7-15(8-6-14)25-17-16(20)10-13(19)11-21-17/h5-8,10-12H,3-4,9H2,1-2H3. The van der Waals surface area contributed by atoms with Crippen molar-refractivity contribution in [2.45, 2.75) is 32.8 Å². The molecule has 0 aliphatic heterocycles. The second-order valence-electron chi connectivity index (χ2n) is 5.30. The Hall–Kier alpha value is -1.98. The maximum Gasteiger partial charge on any atom is 0.347 e. The summed E-state index contributed by atoms with van der Waals surface area (Å²) in [4.78, 5) is 15.8. The molecule has 5 nitrogen and oxygen atoms in total. The van der Waals surface area contributed by atoms with E-state index < -0.39 is 6.10 Å². The van der Waals surface area contributed by atoms with Gasteiger partial charge in [-0.3, -0.25) is 0 Å². The van der Waals surface area contributed by atoms with Crippen molar-refractivity contribution in [1.29, 1.82) is 0 Å². The topological polar surface area (TPSA) is 57.7 Å². The highest BCUT2D eigenvalue weighted by Crippen LogP contribution is 2.30. The summed E-state index contributed by atoms with van der Waals surface area (Å²) in [6.45, 7) is 4.09. The van der Waals surface area contributed by atoms with Crippen molar-refractivity contribution >= 4 is 29.2 Å². The lowest BCUT2D eigenvalue weighted by Gasteiger charge is -2.14. The van der Waals surface area contributed by atoms with Crippen molar-refractivity contribution in [3.8, 4) is 17.4 Å². The maximum atomic E-state index is 11.8. The van der Waals surface area contributed by atoms with E-state index in [1.807, 2.05) is 6.92 Å². The van der Waals surface area contributed by atoms with Crippen molar-refractivity contribution in [2.75, 3.05) is 6.61 Å². The molecule has 0 N–H and O–H groups in total. The largest absolute Gasteiger partial charge is 0.479 e. The van der Waals surface area contributed by atoms with E-state index in [9.17, 15) is 4.79 Å². The fourth-order valence-corrected chi connectivity index (χ4v) is 2.28. The molecule has 0 saturated heterocycles. The molecule has 1 atom stereocenters. The van der Waals surface area contributed by atoms with Crippen LogP contribution in [0.1, 0.15) is 26.7 Å². The minimum atomic E-state index is -0.684. The summed E-state index contributed by atoms with van der Waals surface area (Å²) in [5.41, 5.74) is 0. The fourth-order valence-electron chi connectivity index (χ4n) is 1.86. The highest BCUT2D eigenvalue weighted by molar-refractivity contribution is 6.35. The minimum absolute atomic E-state index is 0.257. The zero-order chi connectivity index (χ0) is 18.2. The monoisotopic (exact) mass is 383 g/mol. The van der Waals surface area contributed by atoms with Gasteiger partial charge in [-0.1, -0.05) is 36.5 Å². The van der Waals surface area contributed by atoms with E-state index in [0.717, 1.165) is 12.8 Å². The Morgan fingerprint density at radius 2 is 1.88 bits per heavy atom. The zero-order valence-electron chi connectivity index (χ0n) is 14.0. The first kappa shape index (κ1) is 19.3. The second-order valence-corrected chi connectivity index (χ2v) is 6.14. The number of nitrogens with zero attached hydrogens (tertiary/aromatic N) is 1. The predicted octanol–water partition coefficient (Wildman–Crippen LogP) is 5.29. The molecule has 2 rings (SSSR count). The maximum absolute atomic E-state index is 11.8. The summed E-state index contributed by atoms with van der Waals surface area (Å²) in [7, 11) is 0. The molecule has 1 aromatic heterocycles. The smallest absolute Gasteiger partial charge is 0.347 e. The molecule has 0 fully saturated rings. The first-order chi connectivity index (χ1) is 12.0. The van der Waals surface area contributed by atoms with E-state index in [2.05, 4.69) is 4.98 Å². The normalized spacial score (nSPS) is 11.7. The van der Waals surface area contributed by atoms with Crippen molar-refractivity contribution in [2.24, 2.45) is 0 Å². The van der Waals surface area contributed by atoms with Gasteiger partial charge in [-0.15, -0.1) is 0 Å². The van der Waals surface area contributed by atoms with Crippen LogP contribution in [0.25, 0.3) is 0 Å². The number of unbranched alkanes of at least 4 members (excludes halogenated alkanes) is 1. The van der Waals surface area contributed by atoms with Gasteiger partial charge < -0.3 is 14.2 Å². The number of pyridine rings is 1. The summed E-state index contributed by atoms with van der Waals surface area (Å²) in [5.74, 6) is 0.934. The van der Waals surface area contributed by atoms with Crippen LogP contribution < -0.4 is 9.47 Å². The summed E-state index contributed by atoms with van der Waals surface area (Å²) in [6, 6.07) is 8.31. The molecule has 1 heterocycles. The molecule has 1 aromatic carbocycles. The number of rotatable bonds is 8. The third-order valence-electron chi connectivity index (χ3n) is 3.20. The second kappa shape index (κ2) is 9.49. The molecule has 0 spiro atoms. The lowest BCUT2D eigenvalue weighted by Crippen LogP contribution is -2.26. The Morgan fingerprint density at radius 1 is 1.20 bits per heavy atom. The molecule has 0 radical (unpaired) electrons. The molecule has 7 heteroatoms. The number of ether oxygens (including phenoxy) is 3. The molecule has 0 bridgehead atoms. The van der Waals surface area contributed by atoms with Crippen LogP contribution in [-0.2, 0) is 9.53 Å². The molecular formula is C18H19Cl2NO4. The van der Waals surface area contributed by atoms with Crippen LogP contribution >= 0.6 is 23.2 Å². The lowest BCUT2D eigenvalue weighted by molar-refractivity contribution is -0.151. The van der Waals surface area contributed by atoms with Crippen molar-refractivity contribution in [3.63, 3.8) is 0 Å². The van der Waals surface area contributed by atoms with E-state index in [0.29, 0.717) is 28.2 Å². The highest BCUT2D eigenvalue weighted by Gasteiger charge is 2.16. The van der Waals surface area contributed by atoms with E-state index >= 15 is 0 Å². The molecule has 0 aliphatic carbocycles. The zero-order valence-corrected chi connectivity index (χ0v) is 15.5. The van der Waals surface area contributed by atoms with E-state index in [1.54, 1.807) is 37.3 Å². The van der Waals surface area contributed by atoms with Gasteiger partial charge in [0, 0.05) is 6.20 Å². The van der Waals surface area contributed by atoms with Crippen molar-refractivity contribution in [1.82, 2.24) is 4.98 Å². The number of hydrogen-bond donors (Lipinski definition) is 0. The summed E-state index contributed by atoms with van der Waals surface area (Å²) in [5, 5.41) is 0.747. The Balaban J connectivity index is 1.92. The van der Waals surface area contributed by atoms with Gasteiger partial charge in [0.2, 0.25) is 5.88 Å². The van der Waals surface area contributed by atoms with Gasteiger partial charge in [0.15, 0.2) is 6.10 Å². The fraction of sp³-hybridized carbons (Fsp3) is 0.333. The molecule has 0 amide bonds. The highest BCUT2D eigenvalue weighted by atomic mass is 35.5. The predicted molar refractivity (Wildman–Crippen MR) is 96.7 cm³/mol. The van der Waals surface area contributed by atoms with Crippen LogP contribution in [0.5, 0.6) is 17.4 Å². The molecule has 134 valence electrons. The average molecular weight is 384 g/mol. The molecule has 25 heavy (non-hydrogen) atoms. The van der Waals surface area contributed by atoms with E-state index in [4.69, 9.17) is 37.4 Å². The molecular weight excluding hydrogens is 365 g/mol. The van der Waals surface area contributed by atoms with Crippen molar-refractivity contribution < 1.29 is 19.0 Å². The molecule has 0 aliphatic rings. The first-order valence-electron chi connectivity index (χ1n) is 7.92. The Morgan fingerprint density at radius 3 is 2.52 bits per heavy atom. The van der Waals surface area contributed by atoms with Gasteiger partial charge in [-0.25, -0.2) is 9.78 Å². The number of aromatic nitrogens is 1. The number of carbonyl (C=O) groups is 1. The quantitative estimate of drug-likeness (QED) is 0.457. The minimum Gasteiger partial charge on any atom is -0.479 e. The Bertz CT molecular complexity index is 707. The van der Waals surface area contributed by atoms with Crippen LogP contribution in [0.15, 0.2) is 36.5 Å². The van der Waals surface area contributed by atoms with Gasteiger partial charge in [-0.2, -0.15) is 0 Å². The first-order valence-corrected chi connectivity index (χ1v) is 8.67. The summed E-state index contributed by atoms with van der Waals surface area (Å²) in [6.07, 6.45) is 2.57.